The smallest absolute Gasteiger partial charge is 0.0834 e. The molecule has 3 N–H and O–H groups in total. The summed E-state index contributed by atoms with van der Waals surface area (Å²) >= 11 is 6.40. The summed E-state index contributed by atoms with van der Waals surface area (Å²) < 4.78 is 1.98. The Hall–Kier alpha value is -0.580. The molecule has 20 heavy (non-hydrogen) atoms. The number of aromatic nitrogens is 2. The first-order valence-electron chi connectivity index (χ1n) is 7.71. The molecule has 1 atom stereocenters. The van der Waals surface area contributed by atoms with Crippen LogP contribution < -0.4 is 11.3 Å². The largest absolute Gasteiger partial charge is 0.271 e. The number of nitrogens with one attached hydrogen (secondary N) is 1. The van der Waals surface area contributed by atoms with Gasteiger partial charge in [0.25, 0.3) is 0 Å². The summed E-state index contributed by atoms with van der Waals surface area (Å²) in [5, 5.41) is 5.10. The fourth-order valence-corrected chi connectivity index (χ4v) is 4.21. The number of nitrogens with two attached hydrogens (primary N) is 1. The summed E-state index contributed by atoms with van der Waals surface area (Å²) in [6.07, 6.45) is 7.90. The summed E-state index contributed by atoms with van der Waals surface area (Å²) in [7, 11) is 0. The molecular weight excluding hydrogens is 272 g/mol. The summed E-state index contributed by atoms with van der Waals surface area (Å²) in [6.45, 7) is 7.47. The Bertz CT molecular complexity index is 435. The van der Waals surface area contributed by atoms with Gasteiger partial charge in [-0.15, -0.1) is 0 Å². The Morgan fingerprint density at radius 1 is 1.45 bits per heavy atom. The summed E-state index contributed by atoms with van der Waals surface area (Å²) in [5.74, 6) is 6.60. The monoisotopic (exact) mass is 298 g/mol. The minimum Gasteiger partial charge on any atom is -0.271 e. The van der Waals surface area contributed by atoms with Gasteiger partial charge in [0, 0.05) is 6.54 Å². The predicted octanol–water partition coefficient (Wildman–Crippen LogP) is 3.67. The van der Waals surface area contributed by atoms with Crippen LogP contribution in [0.3, 0.4) is 0 Å². The van der Waals surface area contributed by atoms with E-state index in [2.05, 4.69) is 31.3 Å². The second-order valence-electron chi connectivity index (χ2n) is 6.46. The maximum absolute atomic E-state index is 6.40. The van der Waals surface area contributed by atoms with Crippen LogP contribution in [0.15, 0.2) is 6.20 Å². The second kappa shape index (κ2) is 6.46. The molecular formula is C15H27ClN4. The zero-order valence-corrected chi connectivity index (χ0v) is 13.6. The van der Waals surface area contributed by atoms with Crippen LogP contribution in [0.2, 0.25) is 5.02 Å². The van der Waals surface area contributed by atoms with Crippen molar-refractivity contribution in [3.05, 3.63) is 16.9 Å². The highest BCUT2D eigenvalue weighted by atomic mass is 35.5. The molecule has 0 aliphatic heterocycles. The van der Waals surface area contributed by atoms with Gasteiger partial charge in [0.15, 0.2) is 0 Å². The number of halogens is 1. The van der Waals surface area contributed by atoms with Gasteiger partial charge < -0.3 is 0 Å². The van der Waals surface area contributed by atoms with Crippen LogP contribution in [-0.2, 0) is 6.54 Å². The number of hydrogen-bond donors (Lipinski definition) is 2. The van der Waals surface area contributed by atoms with Crippen LogP contribution >= 0.6 is 11.6 Å². The van der Waals surface area contributed by atoms with Gasteiger partial charge in [-0.05, 0) is 37.5 Å². The third-order valence-electron chi connectivity index (χ3n) is 4.60. The van der Waals surface area contributed by atoms with Gasteiger partial charge in [0.2, 0.25) is 0 Å². The molecule has 1 aliphatic carbocycles. The van der Waals surface area contributed by atoms with Crippen molar-refractivity contribution in [2.24, 2.45) is 17.2 Å². The van der Waals surface area contributed by atoms with Crippen LogP contribution in [-0.4, -0.2) is 9.78 Å². The Labute approximate surface area is 127 Å². The van der Waals surface area contributed by atoms with E-state index in [4.69, 9.17) is 17.4 Å². The molecule has 0 spiro atoms. The van der Waals surface area contributed by atoms with Crippen molar-refractivity contribution >= 4 is 11.6 Å². The molecule has 1 saturated carbocycles. The van der Waals surface area contributed by atoms with Gasteiger partial charge in [-0.1, -0.05) is 38.3 Å². The van der Waals surface area contributed by atoms with Crippen LogP contribution in [0, 0.1) is 11.3 Å². The van der Waals surface area contributed by atoms with Crippen molar-refractivity contribution in [2.75, 3.05) is 0 Å². The van der Waals surface area contributed by atoms with Crippen molar-refractivity contribution in [3.63, 3.8) is 0 Å². The minimum absolute atomic E-state index is 0.0855. The molecule has 1 fully saturated rings. The van der Waals surface area contributed by atoms with E-state index >= 15 is 0 Å². The lowest BCUT2D eigenvalue weighted by molar-refractivity contribution is 0.149. The van der Waals surface area contributed by atoms with E-state index in [1.165, 1.54) is 32.1 Å². The van der Waals surface area contributed by atoms with E-state index in [9.17, 15) is 0 Å². The minimum atomic E-state index is 0.0855. The normalized spacial score (nSPS) is 19.7. The van der Waals surface area contributed by atoms with Crippen LogP contribution in [0.4, 0.5) is 0 Å². The number of hydrazine groups is 1. The highest BCUT2D eigenvalue weighted by Crippen LogP contribution is 2.52. The molecule has 0 amide bonds. The zero-order valence-electron chi connectivity index (χ0n) is 12.8. The van der Waals surface area contributed by atoms with Crippen molar-refractivity contribution < 1.29 is 0 Å². The Morgan fingerprint density at radius 3 is 2.60 bits per heavy atom. The van der Waals surface area contributed by atoms with E-state index in [0.29, 0.717) is 5.92 Å². The molecule has 2 rings (SSSR count). The van der Waals surface area contributed by atoms with E-state index in [-0.39, 0.29) is 11.5 Å². The van der Waals surface area contributed by atoms with Crippen LogP contribution in [0.1, 0.15) is 64.6 Å². The highest BCUT2D eigenvalue weighted by molar-refractivity contribution is 6.31. The molecule has 1 aromatic heterocycles. The third-order valence-corrected chi connectivity index (χ3v) is 4.89. The Morgan fingerprint density at radius 2 is 2.10 bits per heavy atom. The topological polar surface area (TPSA) is 55.9 Å². The molecule has 0 radical (unpaired) electrons. The molecule has 1 aromatic rings. The van der Waals surface area contributed by atoms with E-state index in [1.807, 2.05) is 4.68 Å². The van der Waals surface area contributed by atoms with Crippen LogP contribution in [0.25, 0.3) is 0 Å². The van der Waals surface area contributed by atoms with Gasteiger partial charge in [0.1, 0.15) is 0 Å². The molecule has 4 nitrogen and oxygen atoms in total. The lowest BCUT2D eigenvalue weighted by Crippen LogP contribution is -2.42. The Kier molecular flexibility index (Phi) is 5.10. The van der Waals surface area contributed by atoms with Gasteiger partial charge in [0.05, 0.1) is 23.0 Å². The molecule has 1 aliphatic rings. The zero-order chi connectivity index (χ0) is 14.8. The lowest BCUT2D eigenvalue weighted by Gasteiger charge is -2.39. The quantitative estimate of drug-likeness (QED) is 0.622. The first-order chi connectivity index (χ1) is 9.54. The van der Waals surface area contributed by atoms with Gasteiger partial charge >= 0.3 is 0 Å². The van der Waals surface area contributed by atoms with E-state index < -0.39 is 0 Å². The molecule has 1 heterocycles. The van der Waals surface area contributed by atoms with Gasteiger partial charge in [-0.25, -0.2) is 0 Å². The highest BCUT2D eigenvalue weighted by Gasteiger charge is 2.44. The fourth-order valence-electron chi connectivity index (χ4n) is 3.96. The number of rotatable bonds is 6. The Balaban J connectivity index is 2.40. The van der Waals surface area contributed by atoms with Crippen molar-refractivity contribution in [2.45, 2.75) is 65.5 Å². The van der Waals surface area contributed by atoms with E-state index in [0.717, 1.165) is 17.3 Å². The molecule has 114 valence electrons. The average molecular weight is 299 g/mol. The van der Waals surface area contributed by atoms with Crippen molar-refractivity contribution in [1.29, 1.82) is 0 Å². The summed E-state index contributed by atoms with van der Waals surface area (Å²) in [6, 6.07) is 0.0855. The number of aryl methyl sites for hydroxylation is 1. The maximum atomic E-state index is 6.40. The lowest BCUT2D eigenvalue weighted by atomic mass is 9.71. The standard InChI is InChI=1S/C15H27ClN4/c1-4-20-13(12(16)10-18-20)14(19-17)15(9-11(2)3)7-5-6-8-15/h10-11,14,19H,4-9,17H2,1-3H3. The molecule has 0 aromatic carbocycles. The second-order valence-corrected chi connectivity index (χ2v) is 6.87. The first kappa shape index (κ1) is 15.8. The van der Waals surface area contributed by atoms with Crippen molar-refractivity contribution in [1.82, 2.24) is 15.2 Å². The predicted molar refractivity (Wildman–Crippen MR) is 83.3 cm³/mol. The number of nitrogens with zero attached hydrogens (tertiary/aromatic N) is 2. The summed E-state index contributed by atoms with van der Waals surface area (Å²) in [5.41, 5.74) is 4.33. The fraction of sp³-hybridized carbons (Fsp3) is 0.800. The molecule has 1 unspecified atom stereocenters. The van der Waals surface area contributed by atoms with Gasteiger partial charge in [-0.2, -0.15) is 5.10 Å². The average Bonchev–Trinajstić information content (AvgIpc) is 2.99. The van der Waals surface area contributed by atoms with Crippen molar-refractivity contribution in [3.8, 4) is 0 Å². The van der Waals surface area contributed by atoms with Gasteiger partial charge in [-0.3, -0.25) is 16.0 Å². The van der Waals surface area contributed by atoms with Crippen LogP contribution in [0.5, 0.6) is 0 Å². The summed E-state index contributed by atoms with van der Waals surface area (Å²) in [4.78, 5) is 0. The SMILES string of the molecule is CCn1ncc(Cl)c1C(NN)C1(CC(C)C)CCCC1. The molecule has 0 bridgehead atoms. The first-order valence-corrected chi connectivity index (χ1v) is 8.09. The molecule has 5 heteroatoms. The third kappa shape index (κ3) is 2.87. The number of hydrogen-bond acceptors (Lipinski definition) is 3. The maximum Gasteiger partial charge on any atom is 0.0834 e. The molecule has 0 saturated heterocycles. The van der Waals surface area contributed by atoms with E-state index in [1.54, 1.807) is 6.20 Å².